The number of carbonyl (C=O) groups is 1. The summed E-state index contributed by atoms with van der Waals surface area (Å²) in [5.41, 5.74) is 7.21. The predicted octanol–water partition coefficient (Wildman–Crippen LogP) is 0.340. The van der Waals surface area contributed by atoms with E-state index in [4.69, 9.17) is 5.73 Å². The van der Waals surface area contributed by atoms with Crippen molar-refractivity contribution in [2.45, 2.75) is 6.92 Å². The van der Waals surface area contributed by atoms with Crippen molar-refractivity contribution in [2.24, 2.45) is 0 Å². The molecule has 7 heteroatoms. The summed E-state index contributed by atoms with van der Waals surface area (Å²) in [5.74, 6) is -0.207. The Kier molecular flexibility index (Phi) is 2.73. The van der Waals surface area contributed by atoms with Crippen molar-refractivity contribution in [1.29, 1.82) is 0 Å². The standard InChI is InChI=1S/C10H11N5O2/c1-6-3-7(11)9(12-4-6)15-5-13-8(14-15)10(16)17-2/h3-5H,11H2,1-2H3. The first-order valence-corrected chi connectivity index (χ1v) is 4.84. The van der Waals surface area contributed by atoms with Crippen molar-refractivity contribution in [1.82, 2.24) is 19.7 Å². The van der Waals surface area contributed by atoms with Crippen LogP contribution in [-0.4, -0.2) is 32.8 Å². The lowest BCUT2D eigenvalue weighted by atomic mass is 10.3. The SMILES string of the molecule is COC(=O)c1ncn(-c2ncc(C)cc2N)n1. The molecule has 2 aromatic rings. The summed E-state index contributed by atoms with van der Waals surface area (Å²) in [7, 11) is 1.27. The average Bonchev–Trinajstić information content (AvgIpc) is 2.77. The summed E-state index contributed by atoms with van der Waals surface area (Å²) in [4.78, 5) is 19.1. The van der Waals surface area contributed by atoms with E-state index in [1.165, 1.54) is 18.1 Å². The molecule has 0 saturated heterocycles. The van der Waals surface area contributed by atoms with Gasteiger partial charge in [0.15, 0.2) is 5.82 Å². The molecule has 0 aliphatic rings. The molecule has 0 amide bonds. The predicted molar refractivity (Wildman–Crippen MR) is 59.6 cm³/mol. The highest BCUT2D eigenvalue weighted by atomic mass is 16.5. The molecule has 88 valence electrons. The zero-order valence-electron chi connectivity index (χ0n) is 9.41. The minimum Gasteiger partial charge on any atom is -0.463 e. The molecule has 7 nitrogen and oxygen atoms in total. The van der Waals surface area contributed by atoms with Crippen LogP contribution in [0.15, 0.2) is 18.6 Å². The third-order valence-electron chi connectivity index (χ3n) is 2.11. The van der Waals surface area contributed by atoms with E-state index in [9.17, 15) is 4.79 Å². The highest BCUT2D eigenvalue weighted by Crippen LogP contribution is 2.14. The fourth-order valence-electron chi connectivity index (χ4n) is 1.33. The molecule has 0 atom stereocenters. The highest BCUT2D eigenvalue weighted by molar-refractivity contribution is 5.84. The molecule has 0 aromatic carbocycles. The largest absolute Gasteiger partial charge is 0.463 e. The number of carbonyl (C=O) groups excluding carboxylic acids is 1. The number of esters is 1. The Balaban J connectivity index is 2.40. The molecular formula is C10H11N5O2. The van der Waals surface area contributed by atoms with E-state index in [1.54, 1.807) is 12.3 Å². The molecule has 0 unspecified atom stereocenters. The van der Waals surface area contributed by atoms with Crippen molar-refractivity contribution in [3.8, 4) is 5.82 Å². The van der Waals surface area contributed by atoms with Gasteiger partial charge in [-0.05, 0) is 18.6 Å². The smallest absolute Gasteiger partial charge is 0.377 e. The number of anilines is 1. The molecule has 0 saturated carbocycles. The number of nitrogens with two attached hydrogens (primary N) is 1. The summed E-state index contributed by atoms with van der Waals surface area (Å²) in [6.45, 7) is 1.88. The number of aryl methyl sites for hydroxylation is 1. The van der Waals surface area contributed by atoms with Gasteiger partial charge in [-0.1, -0.05) is 0 Å². The van der Waals surface area contributed by atoms with Crippen LogP contribution in [0.2, 0.25) is 0 Å². The zero-order chi connectivity index (χ0) is 12.4. The van der Waals surface area contributed by atoms with Gasteiger partial charge in [0.1, 0.15) is 6.33 Å². The molecule has 2 heterocycles. The first-order chi connectivity index (χ1) is 8.11. The van der Waals surface area contributed by atoms with E-state index < -0.39 is 5.97 Å². The number of hydrogen-bond donors (Lipinski definition) is 1. The Bertz CT molecular complexity index is 564. The maximum Gasteiger partial charge on any atom is 0.377 e. The highest BCUT2D eigenvalue weighted by Gasteiger charge is 2.13. The van der Waals surface area contributed by atoms with Gasteiger partial charge in [0, 0.05) is 6.20 Å². The van der Waals surface area contributed by atoms with E-state index in [1.807, 2.05) is 6.92 Å². The Morgan fingerprint density at radius 3 is 2.88 bits per heavy atom. The number of hydrogen-bond acceptors (Lipinski definition) is 6. The van der Waals surface area contributed by atoms with Gasteiger partial charge in [0.2, 0.25) is 0 Å². The van der Waals surface area contributed by atoms with Gasteiger partial charge in [-0.25, -0.2) is 14.8 Å². The van der Waals surface area contributed by atoms with Crippen molar-refractivity contribution in [3.05, 3.63) is 30.0 Å². The number of pyridine rings is 1. The van der Waals surface area contributed by atoms with Gasteiger partial charge >= 0.3 is 5.97 Å². The number of methoxy groups -OCH3 is 1. The molecule has 2 aromatic heterocycles. The van der Waals surface area contributed by atoms with Crippen molar-refractivity contribution < 1.29 is 9.53 Å². The van der Waals surface area contributed by atoms with E-state index in [-0.39, 0.29) is 5.82 Å². The Labute approximate surface area is 97.2 Å². The Morgan fingerprint density at radius 1 is 1.47 bits per heavy atom. The molecule has 0 bridgehead atoms. The molecule has 2 rings (SSSR count). The monoisotopic (exact) mass is 233 g/mol. The number of nitrogen functional groups attached to an aromatic ring is 1. The van der Waals surface area contributed by atoms with Crippen LogP contribution >= 0.6 is 0 Å². The van der Waals surface area contributed by atoms with Gasteiger partial charge in [-0.2, -0.15) is 4.68 Å². The maximum absolute atomic E-state index is 11.2. The summed E-state index contributed by atoms with van der Waals surface area (Å²) in [5, 5.41) is 3.93. The van der Waals surface area contributed by atoms with Crippen LogP contribution in [0.25, 0.3) is 5.82 Å². The molecule has 0 spiro atoms. The molecular weight excluding hydrogens is 222 g/mol. The van der Waals surface area contributed by atoms with Crippen molar-refractivity contribution in [2.75, 3.05) is 12.8 Å². The van der Waals surface area contributed by atoms with E-state index in [0.717, 1.165) is 5.56 Å². The van der Waals surface area contributed by atoms with Gasteiger partial charge in [-0.15, -0.1) is 5.10 Å². The van der Waals surface area contributed by atoms with Crippen LogP contribution in [0.5, 0.6) is 0 Å². The van der Waals surface area contributed by atoms with Gasteiger partial charge in [0.05, 0.1) is 12.8 Å². The molecule has 0 fully saturated rings. The number of nitrogens with zero attached hydrogens (tertiary/aromatic N) is 4. The van der Waals surface area contributed by atoms with E-state index >= 15 is 0 Å². The zero-order valence-corrected chi connectivity index (χ0v) is 9.41. The third kappa shape index (κ3) is 2.07. The normalized spacial score (nSPS) is 10.2. The lowest BCUT2D eigenvalue weighted by Crippen LogP contribution is -2.07. The summed E-state index contributed by atoms with van der Waals surface area (Å²) < 4.78 is 5.84. The van der Waals surface area contributed by atoms with Gasteiger partial charge < -0.3 is 10.5 Å². The fraction of sp³-hybridized carbons (Fsp3) is 0.200. The van der Waals surface area contributed by atoms with E-state index in [2.05, 4.69) is 19.8 Å². The number of rotatable bonds is 2. The fourth-order valence-corrected chi connectivity index (χ4v) is 1.33. The lowest BCUT2D eigenvalue weighted by molar-refractivity contribution is 0.0587. The molecule has 0 aliphatic heterocycles. The molecule has 0 radical (unpaired) electrons. The summed E-state index contributed by atoms with van der Waals surface area (Å²) in [6.07, 6.45) is 3.02. The first kappa shape index (κ1) is 11.1. The maximum atomic E-state index is 11.2. The Hall–Kier alpha value is -2.44. The quantitative estimate of drug-likeness (QED) is 0.751. The minimum atomic E-state index is -0.602. The summed E-state index contributed by atoms with van der Waals surface area (Å²) >= 11 is 0. The first-order valence-electron chi connectivity index (χ1n) is 4.84. The van der Waals surface area contributed by atoms with Gasteiger partial charge in [0.25, 0.3) is 5.82 Å². The molecule has 0 aliphatic carbocycles. The second kappa shape index (κ2) is 4.20. The van der Waals surface area contributed by atoms with Crippen LogP contribution in [0.4, 0.5) is 5.69 Å². The van der Waals surface area contributed by atoms with Crippen molar-refractivity contribution >= 4 is 11.7 Å². The van der Waals surface area contributed by atoms with Crippen LogP contribution < -0.4 is 5.73 Å². The van der Waals surface area contributed by atoms with Crippen LogP contribution in [-0.2, 0) is 4.74 Å². The third-order valence-corrected chi connectivity index (χ3v) is 2.11. The lowest BCUT2D eigenvalue weighted by Gasteiger charge is -2.03. The van der Waals surface area contributed by atoms with Gasteiger partial charge in [-0.3, -0.25) is 0 Å². The topological polar surface area (TPSA) is 95.9 Å². The second-order valence-corrected chi connectivity index (χ2v) is 3.43. The Morgan fingerprint density at radius 2 is 2.24 bits per heavy atom. The second-order valence-electron chi connectivity index (χ2n) is 3.43. The molecule has 2 N–H and O–H groups in total. The van der Waals surface area contributed by atoms with Crippen LogP contribution in [0, 0.1) is 6.92 Å². The summed E-state index contributed by atoms with van der Waals surface area (Å²) in [6, 6.07) is 1.77. The average molecular weight is 233 g/mol. The minimum absolute atomic E-state index is 0.0331. The van der Waals surface area contributed by atoms with Crippen molar-refractivity contribution in [3.63, 3.8) is 0 Å². The van der Waals surface area contributed by atoms with Crippen LogP contribution in [0.1, 0.15) is 16.2 Å². The van der Waals surface area contributed by atoms with Crippen LogP contribution in [0.3, 0.4) is 0 Å². The number of aromatic nitrogens is 4. The molecule has 17 heavy (non-hydrogen) atoms. The van der Waals surface area contributed by atoms with E-state index in [0.29, 0.717) is 11.5 Å². The number of ether oxygens (including phenoxy) is 1.